The van der Waals surface area contributed by atoms with Crippen LogP contribution >= 0.6 is 22.6 Å². The number of hydrogen-bond donors (Lipinski definition) is 1. The third-order valence-electron chi connectivity index (χ3n) is 3.03. The minimum Gasteiger partial charge on any atom is -0.323 e. The van der Waals surface area contributed by atoms with Crippen molar-refractivity contribution in [1.29, 1.82) is 0 Å². The monoisotopic (exact) mass is 395 g/mol. The van der Waals surface area contributed by atoms with E-state index in [1.165, 1.54) is 0 Å². The highest BCUT2D eigenvalue weighted by Crippen LogP contribution is 2.38. The molecule has 0 radical (unpaired) electrons. The number of fused-ring (bicyclic) bond motifs is 1. The molecule has 0 spiro atoms. The molecule has 0 saturated heterocycles. The number of benzene rings is 1. The van der Waals surface area contributed by atoms with Crippen molar-refractivity contribution in [3.63, 3.8) is 0 Å². The lowest BCUT2D eigenvalue weighted by atomic mass is 10.1. The van der Waals surface area contributed by atoms with E-state index in [4.69, 9.17) is 4.55 Å². The van der Waals surface area contributed by atoms with Crippen LogP contribution in [0.2, 0.25) is 0 Å². The summed E-state index contributed by atoms with van der Waals surface area (Å²) in [6.07, 6.45) is 0.904. The lowest BCUT2D eigenvalue weighted by Crippen LogP contribution is -2.26. The second kappa shape index (κ2) is 5.76. The second-order valence-corrected chi connectivity index (χ2v) is 7.17. The highest BCUT2D eigenvalue weighted by Gasteiger charge is 2.33. The summed E-state index contributed by atoms with van der Waals surface area (Å²) in [6, 6.07) is 7.48. The Morgan fingerprint density at radius 1 is 1.26 bits per heavy atom. The summed E-state index contributed by atoms with van der Waals surface area (Å²) in [5, 5.41) is 0. The second-order valence-electron chi connectivity index (χ2n) is 4.41. The van der Waals surface area contributed by atoms with Crippen molar-refractivity contribution in [1.82, 2.24) is 4.90 Å². The van der Waals surface area contributed by atoms with Crippen LogP contribution in [-0.2, 0) is 10.1 Å². The summed E-state index contributed by atoms with van der Waals surface area (Å²) in [7, 11) is -3.91. The normalized spacial score (nSPS) is 18.7. The third-order valence-corrected chi connectivity index (χ3v) is 5.18. The van der Waals surface area contributed by atoms with Gasteiger partial charge in [-0.15, -0.1) is 0 Å². The van der Waals surface area contributed by atoms with Crippen molar-refractivity contribution in [3.8, 4) is 0 Å². The molecule has 1 amide bonds. The van der Waals surface area contributed by atoms with E-state index in [1.54, 1.807) is 4.90 Å². The van der Waals surface area contributed by atoms with Crippen LogP contribution in [0.5, 0.6) is 0 Å². The Morgan fingerprint density at radius 2 is 1.95 bits per heavy atom. The first kappa shape index (κ1) is 14.7. The Balaban J connectivity index is 1.95. The van der Waals surface area contributed by atoms with Crippen molar-refractivity contribution in [3.05, 3.63) is 35.4 Å². The first-order valence-electron chi connectivity index (χ1n) is 5.89. The van der Waals surface area contributed by atoms with Crippen LogP contribution in [0.25, 0.3) is 0 Å². The molecule has 0 aromatic heterocycles. The van der Waals surface area contributed by atoms with E-state index in [2.05, 4.69) is 22.6 Å². The number of hydrogen-bond acceptors (Lipinski definition) is 3. The third kappa shape index (κ3) is 3.46. The van der Waals surface area contributed by atoms with Crippen LogP contribution in [0, 0.1) is 0 Å². The fourth-order valence-corrected chi connectivity index (χ4v) is 3.75. The molecule has 1 heterocycles. The number of carbonyl (C=O) groups excluding carboxylic acids is 1. The van der Waals surface area contributed by atoms with Crippen LogP contribution < -0.4 is 0 Å². The summed E-state index contributed by atoms with van der Waals surface area (Å²) >= 11 is 2.21. The number of amides is 1. The van der Waals surface area contributed by atoms with Gasteiger partial charge in [0.05, 0.1) is 5.75 Å². The Morgan fingerprint density at radius 3 is 2.58 bits per heavy atom. The largest absolute Gasteiger partial charge is 0.323 e. The van der Waals surface area contributed by atoms with Gasteiger partial charge in [0, 0.05) is 12.1 Å². The molecule has 1 unspecified atom stereocenters. The zero-order valence-corrected chi connectivity index (χ0v) is 13.1. The van der Waals surface area contributed by atoms with E-state index >= 15 is 0 Å². The molecule has 104 valence electrons. The van der Waals surface area contributed by atoms with Gasteiger partial charge in [-0.25, -0.2) is 0 Å². The van der Waals surface area contributed by atoms with Crippen LogP contribution in [-0.4, -0.2) is 36.1 Å². The maximum Gasteiger partial charge on any atom is 0.264 e. The van der Waals surface area contributed by atoms with Crippen molar-refractivity contribution in [2.45, 2.75) is 16.9 Å². The van der Waals surface area contributed by atoms with Crippen LogP contribution in [0.3, 0.4) is 0 Å². The molecule has 0 aliphatic carbocycles. The van der Waals surface area contributed by atoms with Gasteiger partial charge in [0.25, 0.3) is 16.0 Å². The van der Waals surface area contributed by atoms with Crippen LogP contribution in [0.4, 0.5) is 0 Å². The SMILES string of the molecule is O=C1c2ccccc2C(I)N1CCCCS(=O)(=O)O. The number of rotatable bonds is 5. The number of alkyl halides is 1. The summed E-state index contributed by atoms with van der Waals surface area (Å²) in [5.41, 5.74) is 1.72. The highest BCUT2D eigenvalue weighted by atomic mass is 127. The molecule has 0 fully saturated rings. The maximum atomic E-state index is 12.2. The Labute approximate surface area is 125 Å². The number of unbranched alkanes of at least 4 members (excludes halogenated alkanes) is 1. The molecular weight excluding hydrogens is 381 g/mol. The van der Waals surface area contributed by atoms with E-state index in [0.717, 1.165) is 11.1 Å². The van der Waals surface area contributed by atoms with E-state index in [1.807, 2.05) is 24.3 Å². The minimum absolute atomic E-state index is 0.00738. The van der Waals surface area contributed by atoms with Crippen molar-refractivity contribution < 1.29 is 17.8 Å². The average molecular weight is 395 g/mol. The van der Waals surface area contributed by atoms with E-state index in [-0.39, 0.29) is 15.7 Å². The van der Waals surface area contributed by atoms with Crippen molar-refractivity contribution in [2.75, 3.05) is 12.3 Å². The van der Waals surface area contributed by atoms with Crippen molar-refractivity contribution >= 4 is 38.6 Å². The Kier molecular flexibility index (Phi) is 4.46. The smallest absolute Gasteiger partial charge is 0.264 e. The number of halogens is 1. The lowest BCUT2D eigenvalue weighted by Gasteiger charge is -2.20. The van der Waals surface area contributed by atoms with Gasteiger partial charge in [0.2, 0.25) is 0 Å². The molecule has 2 rings (SSSR count). The van der Waals surface area contributed by atoms with Gasteiger partial charge >= 0.3 is 0 Å². The van der Waals surface area contributed by atoms with Gasteiger partial charge in [0.1, 0.15) is 4.05 Å². The van der Waals surface area contributed by atoms with E-state index < -0.39 is 10.1 Å². The van der Waals surface area contributed by atoms with Crippen LogP contribution in [0.1, 0.15) is 32.8 Å². The minimum atomic E-state index is -3.91. The fraction of sp³-hybridized carbons (Fsp3) is 0.417. The quantitative estimate of drug-likeness (QED) is 0.273. The Bertz CT molecular complexity index is 587. The molecule has 1 aromatic carbocycles. The average Bonchev–Trinajstić information content (AvgIpc) is 2.58. The van der Waals surface area contributed by atoms with Gasteiger partial charge < -0.3 is 4.90 Å². The molecule has 0 bridgehead atoms. The lowest BCUT2D eigenvalue weighted by molar-refractivity contribution is 0.0779. The molecule has 1 atom stereocenters. The van der Waals surface area contributed by atoms with Gasteiger partial charge in [-0.2, -0.15) is 8.42 Å². The van der Waals surface area contributed by atoms with E-state index in [0.29, 0.717) is 19.4 Å². The summed E-state index contributed by atoms with van der Waals surface area (Å²) in [4.78, 5) is 13.9. The zero-order chi connectivity index (χ0) is 14.0. The van der Waals surface area contributed by atoms with Crippen molar-refractivity contribution in [2.24, 2.45) is 0 Å². The molecular formula is C12H14INO4S. The molecule has 1 aromatic rings. The number of nitrogens with zero attached hydrogens (tertiary/aromatic N) is 1. The highest BCUT2D eigenvalue weighted by molar-refractivity contribution is 14.1. The van der Waals surface area contributed by atoms with Gasteiger partial charge in [0.15, 0.2) is 0 Å². The molecule has 19 heavy (non-hydrogen) atoms. The summed E-state index contributed by atoms with van der Waals surface area (Å²) < 4.78 is 29.9. The first-order valence-corrected chi connectivity index (χ1v) is 8.75. The van der Waals surface area contributed by atoms with Crippen LogP contribution in [0.15, 0.2) is 24.3 Å². The summed E-state index contributed by atoms with van der Waals surface area (Å²) in [6.45, 7) is 0.497. The van der Waals surface area contributed by atoms with E-state index in [9.17, 15) is 13.2 Å². The number of carbonyl (C=O) groups is 1. The molecule has 1 aliphatic heterocycles. The molecule has 7 heteroatoms. The van der Waals surface area contributed by atoms with Gasteiger partial charge in [-0.1, -0.05) is 40.8 Å². The fourth-order valence-electron chi connectivity index (χ4n) is 2.11. The standard InChI is InChI=1S/C12H14INO4S/c13-11-9-5-1-2-6-10(9)12(15)14(11)7-3-4-8-19(16,17)18/h1-2,5-6,11H,3-4,7-8H2,(H,16,17,18). The zero-order valence-electron chi connectivity index (χ0n) is 10.1. The maximum absolute atomic E-state index is 12.2. The van der Waals surface area contributed by atoms with Gasteiger partial charge in [-0.05, 0) is 24.5 Å². The molecule has 5 nitrogen and oxygen atoms in total. The molecule has 1 N–H and O–H groups in total. The van der Waals surface area contributed by atoms with Gasteiger partial charge in [-0.3, -0.25) is 9.35 Å². The first-order chi connectivity index (χ1) is 8.90. The molecule has 0 saturated carbocycles. The topological polar surface area (TPSA) is 74.7 Å². The predicted molar refractivity (Wildman–Crippen MR) is 79.9 cm³/mol. The Hall–Kier alpha value is -0.670. The summed E-state index contributed by atoms with van der Waals surface area (Å²) in [5.74, 6) is -0.268. The predicted octanol–water partition coefficient (Wildman–Crippen LogP) is 2.24. The molecule has 1 aliphatic rings.